The summed E-state index contributed by atoms with van der Waals surface area (Å²) < 4.78 is 3.45. The summed E-state index contributed by atoms with van der Waals surface area (Å²) in [6.45, 7) is 8.61. The van der Waals surface area contributed by atoms with E-state index in [9.17, 15) is 0 Å². The van der Waals surface area contributed by atoms with Crippen molar-refractivity contribution in [3.8, 4) is 16.4 Å². The number of aromatic nitrogens is 3. The molecule has 12 rings (SSSR count). The molecule has 0 amide bonds. The van der Waals surface area contributed by atoms with E-state index in [-0.39, 0.29) is 27.8 Å². The van der Waals surface area contributed by atoms with Crippen molar-refractivity contribution < 1.29 is 21.1 Å². The molecule has 5 nitrogen and oxygen atoms in total. The summed E-state index contributed by atoms with van der Waals surface area (Å²) >= 11 is 1.72. The second-order valence-electron chi connectivity index (χ2n) is 15.9. The standard InChI is InChI=1S/C52H36BN5S.Pt/c1-31-19-22-41(33(3)26-31)56-44-24-21-35(52-55-40-13-6-8-17-49(40)59-52)28-38(44)53-39-30-47-37(36-12-5-7-14-43(36)58(47)50-18-9-10-25-54-50)29-48(39)57(42-23-20-32(2)27-34(42)4)46-16-11-15-45(56)51(46)53;/h5-27,29H,1-4H3;/q-2;+2. The molecule has 0 fully saturated rings. The van der Waals surface area contributed by atoms with E-state index in [0.29, 0.717) is 0 Å². The Morgan fingerprint density at radius 1 is 0.567 bits per heavy atom. The largest absolute Gasteiger partial charge is 2.00 e. The number of rotatable bonds is 4. The summed E-state index contributed by atoms with van der Waals surface area (Å²) in [4.78, 5) is 15.0. The maximum atomic E-state index is 5.13. The van der Waals surface area contributed by atoms with Crippen molar-refractivity contribution in [2.75, 3.05) is 9.80 Å². The molecular weight excluding hydrogens is 933 g/mol. The summed E-state index contributed by atoms with van der Waals surface area (Å²) in [5.74, 6) is 0.868. The van der Waals surface area contributed by atoms with Crippen LogP contribution in [0.1, 0.15) is 22.3 Å². The van der Waals surface area contributed by atoms with Gasteiger partial charge in [-0.2, -0.15) is 22.9 Å². The molecule has 60 heavy (non-hydrogen) atoms. The van der Waals surface area contributed by atoms with Crippen LogP contribution in [0.15, 0.2) is 146 Å². The van der Waals surface area contributed by atoms with Gasteiger partial charge in [-0.3, -0.25) is 4.98 Å². The molecule has 7 aromatic carbocycles. The SMILES string of the molecule is Cc1ccc(N2c3ccc(-c4nc5ccccc5s4)[c-]c3B3c4[c-]c5c(cc4N(c4ccc(C)cc4C)c4cccc2c43)c2ccccc2n5-c2ccccn2)c(C)c1.[Pt+2]. The predicted molar refractivity (Wildman–Crippen MR) is 248 cm³/mol. The summed E-state index contributed by atoms with van der Waals surface area (Å²) in [5, 5.41) is 3.27. The van der Waals surface area contributed by atoms with Crippen LogP contribution >= 0.6 is 11.3 Å². The maximum absolute atomic E-state index is 5.13. The molecule has 0 spiro atoms. The molecule has 0 saturated heterocycles. The van der Waals surface area contributed by atoms with E-state index in [0.717, 1.165) is 83.4 Å². The fourth-order valence-electron chi connectivity index (χ4n) is 9.65. The Morgan fingerprint density at radius 2 is 1.23 bits per heavy atom. The van der Waals surface area contributed by atoms with Gasteiger partial charge in [0.1, 0.15) is 5.82 Å². The van der Waals surface area contributed by atoms with Gasteiger partial charge in [0.05, 0.1) is 5.52 Å². The Labute approximate surface area is 367 Å². The van der Waals surface area contributed by atoms with Crippen LogP contribution in [0.3, 0.4) is 0 Å². The Kier molecular flexibility index (Phi) is 8.53. The third kappa shape index (κ3) is 5.42. The van der Waals surface area contributed by atoms with E-state index >= 15 is 0 Å². The van der Waals surface area contributed by atoms with Crippen LogP contribution in [0.5, 0.6) is 0 Å². The number of nitrogens with zero attached hydrogens (tertiary/aromatic N) is 5. The first-order chi connectivity index (χ1) is 28.9. The summed E-state index contributed by atoms with van der Waals surface area (Å²) in [6.07, 6.45) is 1.87. The molecule has 3 aromatic heterocycles. The van der Waals surface area contributed by atoms with Gasteiger partial charge in [0.15, 0.2) is 0 Å². The molecule has 0 atom stereocenters. The molecule has 0 bridgehead atoms. The minimum atomic E-state index is -0.177. The van der Waals surface area contributed by atoms with Crippen molar-refractivity contribution >= 4 is 101 Å². The van der Waals surface area contributed by atoms with Gasteiger partial charge < -0.3 is 14.4 Å². The van der Waals surface area contributed by atoms with Crippen LogP contribution in [0.25, 0.3) is 48.4 Å². The summed E-state index contributed by atoms with van der Waals surface area (Å²) in [7, 11) is 0. The smallest absolute Gasteiger partial charge is 0.366 e. The molecular formula is C52H36BN5PtS. The topological polar surface area (TPSA) is 37.2 Å². The summed E-state index contributed by atoms with van der Waals surface area (Å²) in [5.41, 5.74) is 19.3. The predicted octanol–water partition coefficient (Wildman–Crippen LogP) is 11.4. The normalized spacial score (nSPS) is 12.8. The van der Waals surface area contributed by atoms with Gasteiger partial charge in [-0.25, -0.2) is 4.98 Å². The first-order valence-electron chi connectivity index (χ1n) is 20.1. The van der Waals surface area contributed by atoms with Crippen molar-refractivity contribution in [2.24, 2.45) is 0 Å². The molecule has 0 aliphatic carbocycles. The number of thiazole rings is 1. The van der Waals surface area contributed by atoms with Gasteiger partial charge in [-0.1, -0.05) is 89.1 Å². The average molecular weight is 969 g/mol. The third-order valence-corrected chi connectivity index (χ3v) is 13.2. The molecule has 0 saturated carbocycles. The molecule has 0 N–H and O–H groups in total. The van der Waals surface area contributed by atoms with Crippen LogP contribution in [0.2, 0.25) is 0 Å². The average Bonchev–Trinajstić information content (AvgIpc) is 3.83. The van der Waals surface area contributed by atoms with E-state index in [1.165, 1.54) is 37.8 Å². The zero-order valence-electron chi connectivity index (χ0n) is 33.4. The zero-order chi connectivity index (χ0) is 39.5. The van der Waals surface area contributed by atoms with Crippen molar-refractivity contribution in [2.45, 2.75) is 27.7 Å². The molecule has 0 radical (unpaired) electrons. The number of hydrogen-bond donors (Lipinski definition) is 0. The molecule has 2 aliphatic rings. The number of fused-ring (bicyclic) bond motifs is 8. The van der Waals surface area contributed by atoms with Crippen molar-refractivity contribution in [3.63, 3.8) is 0 Å². The number of para-hydroxylation sites is 2. The first-order valence-corrected chi connectivity index (χ1v) is 20.9. The van der Waals surface area contributed by atoms with Crippen molar-refractivity contribution in [1.29, 1.82) is 0 Å². The maximum Gasteiger partial charge on any atom is 2.00 e. The number of hydrogen-bond acceptors (Lipinski definition) is 5. The third-order valence-electron chi connectivity index (χ3n) is 12.2. The Hall–Kier alpha value is -6.27. The van der Waals surface area contributed by atoms with E-state index < -0.39 is 0 Å². The van der Waals surface area contributed by atoms with Crippen LogP contribution in [-0.2, 0) is 21.1 Å². The fraction of sp³-hybridized carbons (Fsp3) is 0.0769. The fourth-order valence-corrected chi connectivity index (χ4v) is 10.6. The van der Waals surface area contributed by atoms with Gasteiger partial charge >= 0.3 is 21.1 Å². The van der Waals surface area contributed by atoms with Gasteiger partial charge in [0.2, 0.25) is 6.71 Å². The Balaban J connectivity index is 0.00000408. The number of pyridine rings is 1. The van der Waals surface area contributed by atoms with E-state index in [4.69, 9.17) is 9.97 Å². The zero-order valence-corrected chi connectivity index (χ0v) is 36.5. The Morgan fingerprint density at radius 3 is 1.95 bits per heavy atom. The van der Waals surface area contributed by atoms with Gasteiger partial charge in [-0.15, -0.1) is 40.7 Å². The molecule has 8 heteroatoms. The second kappa shape index (κ2) is 13.9. The van der Waals surface area contributed by atoms with Crippen molar-refractivity contribution in [3.05, 3.63) is 180 Å². The molecule has 2 aliphatic heterocycles. The molecule has 0 unspecified atom stereocenters. The minimum Gasteiger partial charge on any atom is -0.366 e. The number of benzene rings is 7. The van der Waals surface area contributed by atoms with Crippen LogP contribution in [-0.4, -0.2) is 21.2 Å². The molecule has 10 aromatic rings. The van der Waals surface area contributed by atoms with E-state index in [1.54, 1.807) is 11.3 Å². The van der Waals surface area contributed by atoms with Crippen molar-refractivity contribution in [1.82, 2.24) is 14.5 Å². The van der Waals surface area contributed by atoms with E-state index in [1.807, 2.05) is 12.3 Å². The Bertz CT molecular complexity index is 3340. The molecule has 5 heterocycles. The van der Waals surface area contributed by atoms with Crippen LogP contribution in [0, 0.1) is 39.8 Å². The summed E-state index contributed by atoms with van der Waals surface area (Å²) in [6, 6.07) is 58.7. The first kappa shape index (κ1) is 36.8. The van der Waals surface area contributed by atoms with E-state index in [2.05, 4.69) is 188 Å². The van der Waals surface area contributed by atoms with Crippen LogP contribution < -0.4 is 26.2 Å². The van der Waals surface area contributed by atoms with Gasteiger partial charge in [-0.05, 0) is 110 Å². The monoisotopic (exact) mass is 968 g/mol. The van der Waals surface area contributed by atoms with Gasteiger partial charge in [0, 0.05) is 44.2 Å². The van der Waals surface area contributed by atoms with Gasteiger partial charge in [0.25, 0.3) is 0 Å². The second-order valence-corrected chi connectivity index (χ2v) is 17.0. The number of anilines is 6. The molecule has 288 valence electrons. The van der Waals surface area contributed by atoms with Crippen LogP contribution in [0.4, 0.5) is 34.1 Å². The minimum absolute atomic E-state index is 0. The number of aryl methyl sites for hydroxylation is 4. The quantitative estimate of drug-likeness (QED) is 0.130.